The molecule has 128 valence electrons. The number of ether oxygens (including phenoxy) is 4. The summed E-state index contributed by atoms with van der Waals surface area (Å²) in [6, 6.07) is 1.22. The lowest BCUT2D eigenvalue weighted by molar-refractivity contribution is -0.169. The predicted molar refractivity (Wildman–Crippen MR) is 82.0 cm³/mol. The van der Waals surface area contributed by atoms with Crippen LogP contribution < -0.4 is 14.2 Å². The standard InChI is InChI=1S/C14H18BrFN2O5/c1-20-10-7-11(21-2)18-13(17-10)23-14(12(19)22-3)8(15)5-4-6-9(14)16/h7-9H,4-6H2,1-3H3. The third-order valence-corrected chi connectivity index (χ3v) is 4.83. The number of nitrogens with zero attached hydrogens (tertiary/aromatic N) is 2. The monoisotopic (exact) mass is 392 g/mol. The Morgan fingerprint density at radius 1 is 1.26 bits per heavy atom. The van der Waals surface area contributed by atoms with Gasteiger partial charge in [0.1, 0.15) is 0 Å². The first kappa shape index (κ1) is 17.7. The van der Waals surface area contributed by atoms with Crippen molar-refractivity contribution in [3.05, 3.63) is 6.07 Å². The molecule has 0 radical (unpaired) electrons. The van der Waals surface area contributed by atoms with E-state index in [0.717, 1.165) is 0 Å². The average Bonchev–Trinajstić information content (AvgIpc) is 2.57. The molecule has 0 aliphatic heterocycles. The minimum atomic E-state index is -1.86. The number of carbonyl (C=O) groups is 1. The smallest absolute Gasteiger partial charge is 0.354 e. The largest absolute Gasteiger partial charge is 0.481 e. The van der Waals surface area contributed by atoms with Gasteiger partial charge in [-0.2, -0.15) is 9.97 Å². The van der Waals surface area contributed by atoms with Crippen LogP contribution in [0.4, 0.5) is 4.39 Å². The zero-order valence-electron chi connectivity index (χ0n) is 13.0. The highest BCUT2D eigenvalue weighted by Gasteiger charge is 2.58. The van der Waals surface area contributed by atoms with Crippen LogP contribution in [0.25, 0.3) is 0 Å². The number of hydrogen-bond donors (Lipinski definition) is 0. The topological polar surface area (TPSA) is 79.8 Å². The lowest BCUT2D eigenvalue weighted by Crippen LogP contribution is -2.61. The normalized spacial score (nSPS) is 27.2. The van der Waals surface area contributed by atoms with Gasteiger partial charge in [-0.1, -0.05) is 15.9 Å². The maximum atomic E-state index is 14.7. The fourth-order valence-electron chi connectivity index (χ4n) is 2.48. The van der Waals surface area contributed by atoms with E-state index in [0.29, 0.717) is 12.8 Å². The summed E-state index contributed by atoms with van der Waals surface area (Å²) < 4.78 is 35.1. The molecule has 1 fully saturated rings. The number of halogens is 2. The van der Waals surface area contributed by atoms with Crippen molar-refractivity contribution in [3.8, 4) is 17.8 Å². The molecule has 0 aromatic carbocycles. The van der Waals surface area contributed by atoms with Crippen LogP contribution in [0.15, 0.2) is 6.07 Å². The third-order valence-electron chi connectivity index (χ3n) is 3.69. The van der Waals surface area contributed by atoms with Gasteiger partial charge < -0.3 is 18.9 Å². The molecule has 1 aromatic heterocycles. The van der Waals surface area contributed by atoms with Crippen molar-refractivity contribution in [2.45, 2.75) is 35.9 Å². The maximum Gasteiger partial charge on any atom is 0.354 e. The van der Waals surface area contributed by atoms with Gasteiger partial charge in [0.15, 0.2) is 6.17 Å². The van der Waals surface area contributed by atoms with E-state index in [9.17, 15) is 9.18 Å². The molecule has 7 nitrogen and oxygen atoms in total. The van der Waals surface area contributed by atoms with E-state index >= 15 is 0 Å². The second kappa shape index (κ2) is 7.29. The molecule has 1 aliphatic rings. The molecule has 0 bridgehead atoms. The summed E-state index contributed by atoms with van der Waals surface area (Å²) in [4.78, 5) is 19.7. The van der Waals surface area contributed by atoms with Crippen LogP contribution in [0.5, 0.6) is 17.8 Å². The summed E-state index contributed by atoms with van der Waals surface area (Å²) in [5.41, 5.74) is -1.86. The van der Waals surface area contributed by atoms with E-state index < -0.39 is 22.6 Å². The van der Waals surface area contributed by atoms with Gasteiger partial charge >= 0.3 is 12.0 Å². The summed E-state index contributed by atoms with van der Waals surface area (Å²) in [6.07, 6.45) is -0.204. The molecular weight excluding hydrogens is 375 g/mol. The molecule has 1 aliphatic carbocycles. The first-order valence-electron chi connectivity index (χ1n) is 7.00. The zero-order valence-corrected chi connectivity index (χ0v) is 14.6. The Bertz CT molecular complexity index is 542. The van der Waals surface area contributed by atoms with Gasteiger partial charge in [-0.05, 0) is 19.3 Å². The second-order valence-electron chi connectivity index (χ2n) is 4.99. The Labute approximate surface area is 141 Å². The Balaban J connectivity index is 2.44. The lowest BCUT2D eigenvalue weighted by Gasteiger charge is -2.40. The number of esters is 1. The van der Waals surface area contributed by atoms with Crippen LogP contribution in [0.1, 0.15) is 19.3 Å². The van der Waals surface area contributed by atoms with Gasteiger partial charge in [0.05, 0.1) is 32.2 Å². The molecule has 1 aromatic rings. The van der Waals surface area contributed by atoms with Crippen LogP contribution in [-0.2, 0) is 9.53 Å². The number of hydrogen-bond acceptors (Lipinski definition) is 7. The first-order chi connectivity index (χ1) is 11.0. The van der Waals surface area contributed by atoms with Gasteiger partial charge in [-0.3, -0.25) is 0 Å². The fourth-order valence-corrected chi connectivity index (χ4v) is 3.37. The van der Waals surface area contributed by atoms with E-state index in [2.05, 4.69) is 25.9 Å². The minimum absolute atomic E-state index is 0.171. The Hall–Kier alpha value is -1.64. The van der Waals surface area contributed by atoms with Crippen LogP contribution >= 0.6 is 15.9 Å². The molecule has 9 heteroatoms. The highest BCUT2D eigenvalue weighted by atomic mass is 79.9. The summed E-state index contributed by atoms with van der Waals surface area (Å²) in [5.74, 6) is -0.481. The number of rotatable bonds is 5. The van der Waals surface area contributed by atoms with Crippen molar-refractivity contribution in [1.82, 2.24) is 9.97 Å². The Morgan fingerprint density at radius 2 is 1.87 bits per heavy atom. The Morgan fingerprint density at radius 3 is 2.35 bits per heavy atom. The summed E-state index contributed by atoms with van der Waals surface area (Å²) in [6.45, 7) is 0. The van der Waals surface area contributed by atoms with Gasteiger partial charge in [0.25, 0.3) is 5.60 Å². The highest BCUT2D eigenvalue weighted by Crippen LogP contribution is 2.40. The molecular formula is C14H18BrFN2O5. The molecule has 1 saturated carbocycles. The van der Waals surface area contributed by atoms with Crippen molar-refractivity contribution in [3.63, 3.8) is 0 Å². The van der Waals surface area contributed by atoms with E-state index in [-0.39, 0.29) is 24.2 Å². The lowest BCUT2D eigenvalue weighted by atomic mass is 9.82. The van der Waals surface area contributed by atoms with Crippen molar-refractivity contribution in [2.24, 2.45) is 0 Å². The van der Waals surface area contributed by atoms with Crippen molar-refractivity contribution < 1.29 is 28.1 Å². The van der Waals surface area contributed by atoms with Crippen LogP contribution in [0.2, 0.25) is 0 Å². The van der Waals surface area contributed by atoms with Crippen molar-refractivity contribution in [2.75, 3.05) is 21.3 Å². The van der Waals surface area contributed by atoms with Gasteiger partial charge in [-0.25, -0.2) is 9.18 Å². The van der Waals surface area contributed by atoms with Gasteiger partial charge in [0, 0.05) is 0 Å². The molecule has 0 N–H and O–H groups in total. The summed E-state index contributed by atoms with van der Waals surface area (Å²) in [7, 11) is 4.00. The van der Waals surface area contributed by atoms with Gasteiger partial charge in [0.2, 0.25) is 11.8 Å². The highest BCUT2D eigenvalue weighted by molar-refractivity contribution is 9.09. The molecule has 0 amide bonds. The van der Waals surface area contributed by atoms with Crippen LogP contribution in [-0.4, -0.2) is 53.9 Å². The number of alkyl halides is 2. The Kier molecular flexibility index (Phi) is 5.61. The van der Waals surface area contributed by atoms with E-state index in [4.69, 9.17) is 18.9 Å². The first-order valence-corrected chi connectivity index (χ1v) is 7.92. The molecule has 3 unspecified atom stereocenters. The van der Waals surface area contributed by atoms with E-state index in [1.54, 1.807) is 0 Å². The zero-order chi connectivity index (χ0) is 17.0. The van der Waals surface area contributed by atoms with E-state index in [1.165, 1.54) is 27.4 Å². The maximum absolute atomic E-state index is 14.7. The number of aromatic nitrogens is 2. The minimum Gasteiger partial charge on any atom is -0.481 e. The number of methoxy groups -OCH3 is 3. The van der Waals surface area contributed by atoms with Crippen LogP contribution in [0, 0.1) is 0 Å². The number of carbonyl (C=O) groups excluding carboxylic acids is 1. The predicted octanol–water partition coefficient (Wildman–Crippen LogP) is 2.07. The summed E-state index contributed by atoms with van der Waals surface area (Å²) >= 11 is 3.34. The molecule has 2 rings (SSSR count). The molecule has 23 heavy (non-hydrogen) atoms. The van der Waals surface area contributed by atoms with E-state index in [1.807, 2.05) is 0 Å². The summed E-state index contributed by atoms with van der Waals surface area (Å²) in [5, 5.41) is 0. The SMILES string of the molecule is COC(=O)C1(Oc2nc(OC)cc(OC)n2)C(F)CCCC1Br. The fraction of sp³-hybridized carbons (Fsp3) is 0.643. The molecule has 3 atom stereocenters. The molecule has 1 heterocycles. The second-order valence-corrected chi connectivity index (χ2v) is 6.09. The molecule has 0 saturated heterocycles. The quantitative estimate of drug-likeness (QED) is 0.560. The van der Waals surface area contributed by atoms with Gasteiger partial charge in [-0.15, -0.1) is 0 Å². The van der Waals surface area contributed by atoms with Crippen LogP contribution in [0.3, 0.4) is 0 Å². The average molecular weight is 393 g/mol. The van der Waals surface area contributed by atoms with Crippen molar-refractivity contribution >= 4 is 21.9 Å². The third kappa shape index (κ3) is 3.34. The molecule has 0 spiro atoms. The van der Waals surface area contributed by atoms with Crippen molar-refractivity contribution in [1.29, 1.82) is 0 Å².